The van der Waals surface area contributed by atoms with Crippen LogP contribution in [0.5, 0.6) is 11.5 Å². The van der Waals surface area contributed by atoms with Gasteiger partial charge in [0.15, 0.2) is 6.61 Å². The van der Waals surface area contributed by atoms with Gasteiger partial charge in [-0.3, -0.25) is 9.59 Å². The molecule has 0 unspecified atom stereocenters. The number of carbonyl (C=O) groups excluding carboxylic acids is 2. The van der Waals surface area contributed by atoms with Crippen molar-refractivity contribution < 1.29 is 19.1 Å². The quantitative estimate of drug-likeness (QED) is 0.376. The van der Waals surface area contributed by atoms with E-state index in [0.717, 1.165) is 11.4 Å². The van der Waals surface area contributed by atoms with Gasteiger partial charge in [-0.25, -0.2) is 4.68 Å². The molecule has 1 aliphatic heterocycles. The summed E-state index contributed by atoms with van der Waals surface area (Å²) in [6.45, 7) is 5.75. The molecule has 7 heteroatoms. The first kappa shape index (κ1) is 23.4. The molecule has 0 saturated heterocycles. The molecule has 0 spiro atoms. The predicted molar refractivity (Wildman–Crippen MR) is 137 cm³/mol. The van der Waals surface area contributed by atoms with Gasteiger partial charge in [0.25, 0.3) is 5.91 Å². The number of carbonyl (C=O) groups is 2. The van der Waals surface area contributed by atoms with Crippen molar-refractivity contribution in [3.63, 3.8) is 0 Å². The van der Waals surface area contributed by atoms with E-state index in [1.54, 1.807) is 4.68 Å². The topological polar surface area (TPSA) is 82.5 Å². The third kappa shape index (κ3) is 4.60. The molecule has 36 heavy (non-hydrogen) atoms. The number of hydrogen-bond acceptors (Lipinski definition) is 5. The van der Waals surface area contributed by atoms with Gasteiger partial charge < -0.3 is 14.8 Å². The summed E-state index contributed by atoms with van der Waals surface area (Å²) in [7, 11) is 0. The van der Waals surface area contributed by atoms with Gasteiger partial charge in [0.2, 0.25) is 0 Å². The van der Waals surface area contributed by atoms with Crippen LogP contribution < -0.4 is 10.1 Å². The molecule has 0 aliphatic carbocycles. The third-order valence-corrected chi connectivity index (χ3v) is 6.01. The normalized spacial score (nSPS) is 12.8. The zero-order valence-corrected chi connectivity index (χ0v) is 20.4. The van der Waals surface area contributed by atoms with Crippen LogP contribution in [0.2, 0.25) is 0 Å². The minimum Gasteiger partial charge on any atom is -0.457 e. The molecule has 0 atom stereocenters. The number of amides is 1. The van der Waals surface area contributed by atoms with Gasteiger partial charge in [-0.1, -0.05) is 75.4 Å². The van der Waals surface area contributed by atoms with Crippen LogP contribution >= 0.6 is 0 Å². The number of ether oxygens (including phenoxy) is 2. The Morgan fingerprint density at radius 1 is 0.917 bits per heavy atom. The van der Waals surface area contributed by atoms with E-state index >= 15 is 0 Å². The van der Waals surface area contributed by atoms with Crippen LogP contribution in [0.1, 0.15) is 43.5 Å². The third-order valence-electron chi connectivity index (χ3n) is 6.01. The fraction of sp³-hybridized carbons (Fsp3) is 0.207. The van der Waals surface area contributed by atoms with Gasteiger partial charge in [-0.05, 0) is 24.3 Å². The summed E-state index contributed by atoms with van der Waals surface area (Å²) in [5.74, 6) is 0.0678. The van der Waals surface area contributed by atoms with E-state index in [1.165, 1.54) is 0 Å². The predicted octanol–water partition coefficient (Wildman–Crippen LogP) is 5.59. The molecule has 1 N–H and O–H groups in total. The minimum absolute atomic E-state index is 0.212. The highest BCUT2D eigenvalue weighted by molar-refractivity contribution is 5.93. The second-order valence-electron chi connectivity index (χ2n) is 9.68. The van der Waals surface area contributed by atoms with Crippen LogP contribution in [0.4, 0.5) is 5.82 Å². The second-order valence-corrected chi connectivity index (χ2v) is 9.68. The number of para-hydroxylation sites is 3. The van der Waals surface area contributed by atoms with Crippen molar-refractivity contribution in [1.29, 1.82) is 0 Å². The van der Waals surface area contributed by atoms with Crippen LogP contribution in [0.25, 0.3) is 5.69 Å². The van der Waals surface area contributed by atoms with Crippen LogP contribution in [0, 0.1) is 0 Å². The van der Waals surface area contributed by atoms with Crippen molar-refractivity contribution in [3.8, 4) is 17.2 Å². The van der Waals surface area contributed by atoms with E-state index < -0.39 is 24.4 Å². The van der Waals surface area contributed by atoms with Crippen molar-refractivity contribution in [2.45, 2.75) is 32.1 Å². The lowest BCUT2D eigenvalue weighted by atomic mass is 9.88. The van der Waals surface area contributed by atoms with E-state index in [9.17, 15) is 9.59 Å². The maximum atomic E-state index is 13.2. The molecule has 1 aliphatic rings. The highest BCUT2D eigenvalue weighted by atomic mass is 16.5. The van der Waals surface area contributed by atoms with E-state index in [0.29, 0.717) is 28.4 Å². The van der Waals surface area contributed by atoms with Gasteiger partial charge in [-0.2, -0.15) is 5.10 Å². The summed E-state index contributed by atoms with van der Waals surface area (Å²) in [6.07, 6.45) is 0. The Bertz CT molecular complexity index is 1370. The lowest BCUT2D eigenvalue weighted by molar-refractivity contribution is -0.148. The first-order valence-corrected chi connectivity index (χ1v) is 11.8. The molecule has 1 amide bonds. The Kier molecular flexibility index (Phi) is 6.06. The average Bonchev–Trinajstić information content (AvgIpc) is 3.30. The van der Waals surface area contributed by atoms with Gasteiger partial charge >= 0.3 is 5.97 Å². The summed E-state index contributed by atoms with van der Waals surface area (Å²) in [4.78, 5) is 26.1. The molecule has 0 radical (unpaired) electrons. The molecule has 182 valence electrons. The Morgan fingerprint density at radius 2 is 1.50 bits per heavy atom. The van der Waals surface area contributed by atoms with E-state index in [4.69, 9.17) is 14.6 Å². The lowest BCUT2D eigenvalue weighted by Crippen LogP contribution is -2.26. The highest BCUT2D eigenvalue weighted by Crippen LogP contribution is 2.44. The molecule has 2 heterocycles. The summed E-state index contributed by atoms with van der Waals surface area (Å²) < 4.78 is 13.1. The van der Waals surface area contributed by atoms with E-state index in [1.807, 2.05) is 84.9 Å². The van der Waals surface area contributed by atoms with Crippen LogP contribution in [0.15, 0.2) is 84.9 Å². The van der Waals surface area contributed by atoms with Gasteiger partial charge in [-0.15, -0.1) is 0 Å². The van der Waals surface area contributed by atoms with E-state index in [-0.39, 0.29) is 5.41 Å². The summed E-state index contributed by atoms with van der Waals surface area (Å²) in [6, 6.07) is 26.1. The van der Waals surface area contributed by atoms with Gasteiger partial charge in [0, 0.05) is 22.6 Å². The number of fused-ring (bicyclic) bond motifs is 2. The molecule has 3 aromatic carbocycles. The van der Waals surface area contributed by atoms with Crippen molar-refractivity contribution >= 4 is 17.7 Å². The molecule has 0 saturated carbocycles. The number of hydrogen-bond donors (Lipinski definition) is 1. The lowest BCUT2D eigenvalue weighted by Gasteiger charge is -2.26. The summed E-state index contributed by atoms with van der Waals surface area (Å²) in [5, 5.41) is 7.56. The first-order chi connectivity index (χ1) is 17.3. The number of aromatic nitrogens is 2. The monoisotopic (exact) mass is 481 g/mol. The van der Waals surface area contributed by atoms with Gasteiger partial charge in [0.1, 0.15) is 23.2 Å². The van der Waals surface area contributed by atoms with Gasteiger partial charge in [0.05, 0.1) is 11.4 Å². The maximum absolute atomic E-state index is 13.2. The number of nitrogens with zero attached hydrogens (tertiary/aromatic N) is 2. The number of benzene rings is 3. The molecule has 0 fully saturated rings. The second kappa shape index (κ2) is 9.34. The first-order valence-electron chi connectivity index (χ1n) is 11.8. The molecular weight excluding hydrogens is 454 g/mol. The zero-order valence-electron chi connectivity index (χ0n) is 20.4. The fourth-order valence-corrected chi connectivity index (χ4v) is 4.17. The molecular formula is C29H27N3O4. The van der Waals surface area contributed by atoms with Crippen molar-refractivity contribution in [2.24, 2.45) is 0 Å². The number of anilines is 1. The summed E-state index contributed by atoms with van der Waals surface area (Å²) in [5.41, 5.74) is 2.84. The van der Waals surface area contributed by atoms with E-state index in [2.05, 4.69) is 26.1 Å². The summed E-state index contributed by atoms with van der Waals surface area (Å²) >= 11 is 0. The molecule has 7 nitrogen and oxygen atoms in total. The number of nitrogens with one attached hydrogen (secondary N) is 1. The molecule has 1 aromatic heterocycles. The highest BCUT2D eigenvalue weighted by Gasteiger charge is 2.34. The minimum atomic E-state index is -0.679. The largest absolute Gasteiger partial charge is 0.457 e. The van der Waals surface area contributed by atoms with Crippen molar-refractivity contribution in [1.82, 2.24) is 9.78 Å². The molecule has 5 rings (SSSR count). The van der Waals surface area contributed by atoms with Crippen molar-refractivity contribution in [3.05, 3.63) is 102 Å². The Hall–Kier alpha value is -4.39. The zero-order chi connectivity index (χ0) is 25.3. The average molecular weight is 482 g/mol. The standard InChI is InChI=1S/C29H27N3O4/c1-29(2,3)24-17-25(32(31-24)19-11-5-4-6-12-19)30-26(33)18-35-28(34)27-20-13-7-9-15-22(20)36-23-16-10-8-14-21(23)27/h4-17,27H,18H2,1-3H3,(H,30,33). The van der Waals surface area contributed by atoms with Crippen molar-refractivity contribution in [2.75, 3.05) is 11.9 Å². The Labute approximate surface area is 209 Å². The number of rotatable bonds is 5. The van der Waals surface area contributed by atoms with Crippen LogP contribution in [0.3, 0.4) is 0 Å². The SMILES string of the molecule is CC(C)(C)c1cc(NC(=O)COC(=O)C2c3ccccc3Oc3ccccc32)n(-c2ccccc2)n1. The Morgan fingerprint density at radius 3 is 2.11 bits per heavy atom. The fourth-order valence-electron chi connectivity index (χ4n) is 4.17. The number of esters is 1. The maximum Gasteiger partial charge on any atom is 0.318 e. The molecule has 0 bridgehead atoms. The Balaban J connectivity index is 1.34. The molecule has 4 aromatic rings. The smallest absolute Gasteiger partial charge is 0.318 e. The van der Waals surface area contributed by atoms with Crippen LogP contribution in [-0.4, -0.2) is 28.3 Å². The van der Waals surface area contributed by atoms with Crippen LogP contribution in [-0.2, 0) is 19.7 Å².